The topological polar surface area (TPSA) is 41.4 Å². The van der Waals surface area contributed by atoms with Crippen LogP contribution in [0.3, 0.4) is 0 Å². The van der Waals surface area contributed by atoms with Gasteiger partial charge in [-0.05, 0) is 29.8 Å². The Labute approximate surface area is 169 Å². The van der Waals surface area contributed by atoms with Crippen molar-refractivity contribution in [2.24, 2.45) is 0 Å². The molecule has 3 aromatic rings. The third kappa shape index (κ3) is 4.10. The lowest BCUT2D eigenvalue weighted by atomic mass is 10.2. The number of hydrogen-bond donors (Lipinski definition) is 0. The summed E-state index contributed by atoms with van der Waals surface area (Å²) < 4.78 is 2.03. The Morgan fingerprint density at radius 2 is 1.79 bits per heavy atom. The molecule has 1 aliphatic rings. The monoisotopic (exact) mass is 392 g/mol. The molecule has 1 aromatic heterocycles. The molecule has 1 saturated heterocycles. The summed E-state index contributed by atoms with van der Waals surface area (Å²) in [5.74, 6) is 0.913. The highest BCUT2D eigenvalue weighted by atomic mass is 35.5. The molecule has 0 bridgehead atoms. The van der Waals surface area contributed by atoms with Crippen molar-refractivity contribution < 1.29 is 4.79 Å². The Balaban J connectivity index is 1.40. The summed E-state index contributed by atoms with van der Waals surface area (Å²) in [5, 5.41) is 0.692. The van der Waals surface area contributed by atoms with Crippen LogP contribution >= 0.6 is 11.6 Å². The van der Waals surface area contributed by atoms with Gasteiger partial charge < -0.3 is 9.80 Å². The summed E-state index contributed by atoms with van der Waals surface area (Å²) in [6.45, 7) is 2.81. The van der Waals surface area contributed by atoms with Gasteiger partial charge >= 0.3 is 0 Å². The molecular formula is C22H21ClN4O. The number of carbonyl (C=O) groups excluding carboxylic acids is 1. The predicted molar refractivity (Wildman–Crippen MR) is 113 cm³/mol. The van der Waals surface area contributed by atoms with Gasteiger partial charge in [0, 0.05) is 55.4 Å². The van der Waals surface area contributed by atoms with Gasteiger partial charge in [0.2, 0.25) is 11.9 Å². The number of amides is 1. The SMILES string of the molecule is O=C(C=Cc1ccccc1)N1CCN(c2nccn2-c2cccc(Cl)c2)CC1. The molecule has 142 valence electrons. The smallest absolute Gasteiger partial charge is 0.246 e. The molecule has 0 radical (unpaired) electrons. The van der Waals surface area contributed by atoms with Crippen molar-refractivity contribution in [3.8, 4) is 5.69 Å². The molecule has 1 fully saturated rings. The van der Waals surface area contributed by atoms with Crippen LogP contribution in [0.1, 0.15) is 5.56 Å². The lowest BCUT2D eigenvalue weighted by molar-refractivity contribution is -0.126. The Bertz CT molecular complexity index is 975. The number of aromatic nitrogens is 2. The lowest BCUT2D eigenvalue weighted by Crippen LogP contribution is -2.49. The molecule has 6 heteroatoms. The van der Waals surface area contributed by atoms with Crippen LogP contribution < -0.4 is 4.90 Å². The Hall–Kier alpha value is -3.05. The standard InChI is InChI=1S/C22H21ClN4O/c23-19-7-4-8-20(17-19)27-12-11-24-22(27)26-15-13-25(14-16-26)21(28)10-9-18-5-2-1-3-6-18/h1-12,17H,13-16H2. The van der Waals surface area contributed by atoms with Crippen molar-refractivity contribution in [2.45, 2.75) is 0 Å². The molecule has 0 spiro atoms. The van der Waals surface area contributed by atoms with Gasteiger partial charge in [-0.25, -0.2) is 4.98 Å². The molecule has 0 saturated carbocycles. The fourth-order valence-corrected chi connectivity index (χ4v) is 3.51. The molecule has 5 nitrogen and oxygen atoms in total. The van der Waals surface area contributed by atoms with Crippen molar-refractivity contribution in [1.82, 2.24) is 14.5 Å². The number of hydrogen-bond acceptors (Lipinski definition) is 3. The normalized spacial score (nSPS) is 14.6. The van der Waals surface area contributed by atoms with E-state index >= 15 is 0 Å². The van der Waals surface area contributed by atoms with E-state index in [2.05, 4.69) is 9.88 Å². The average molecular weight is 393 g/mol. The van der Waals surface area contributed by atoms with E-state index in [0.717, 1.165) is 30.3 Å². The number of nitrogens with zero attached hydrogens (tertiary/aromatic N) is 4. The summed E-state index contributed by atoms with van der Waals surface area (Å²) in [5.41, 5.74) is 2.00. The quantitative estimate of drug-likeness (QED) is 0.632. The fraction of sp³-hybridized carbons (Fsp3) is 0.182. The van der Waals surface area contributed by atoms with Gasteiger partial charge in [0.1, 0.15) is 0 Å². The molecule has 2 aromatic carbocycles. The highest BCUT2D eigenvalue weighted by Gasteiger charge is 2.22. The van der Waals surface area contributed by atoms with Crippen LogP contribution in [0.2, 0.25) is 5.02 Å². The summed E-state index contributed by atoms with van der Waals surface area (Å²) in [7, 11) is 0. The molecule has 1 amide bonds. The summed E-state index contributed by atoms with van der Waals surface area (Å²) >= 11 is 6.13. The third-order valence-corrected chi connectivity index (χ3v) is 5.03. The zero-order valence-corrected chi connectivity index (χ0v) is 16.2. The van der Waals surface area contributed by atoms with E-state index in [4.69, 9.17) is 11.6 Å². The summed E-state index contributed by atoms with van der Waals surface area (Å²) in [6, 6.07) is 17.6. The number of rotatable bonds is 4. The molecule has 1 aliphatic heterocycles. The van der Waals surface area contributed by atoms with Gasteiger partial charge in [-0.2, -0.15) is 0 Å². The summed E-state index contributed by atoms with van der Waals surface area (Å²) in [4.78, 5) is 21.1. The maximum absolute atomic E-state index is 12.5. The maximum atomic E-state index is 12.5. The number of piperazine rings is 1. The lowest BCUT2D eigenvalue weighted by Gasteiger charge is -2.35. The van der Waals surface area contributed by atoms with Gasteiger partial charge in [0.05, 0.1) is 0 Å². The van der Waals surface area contributed by atoms with Crippen molar-refractivity contribution >= 4 is 29.5 Å². The molecule has 0 aliphatic carbocycles. The van der Waals surface area contributed by atoms with Crippen LogP contribution in [0.25, 0.3) is 11.8 Å². The van der Waals surface area contributed by atoms with Crippen LogP contribution in [0, 0.1) is 0 Å². The van der Waals surface area contributed by atoms with E-state index in [0.29, 0.717) is 18.1 Å². The minimum Gasteiger partial charge on any atom is -0.338 e. The highest BCUT2D eigenvalue weighted by Crippen LogP contribution is 2.22. The largest absolute Gasteiger partial charge is 0.338 e. The molecule has 4 rings (SSSR count). The summed E-state index contributed by atoms with van der Waals surface area (Å²) in [6.07, 6.45) is 7.23. The van der Waals surface area contributed by atoms with Crippen LogP contribution in [0.15, 0.2) is 73.1 Å². The number of imidazole rings is 1. The third-order valence-electron chi connectivity index (χ3n) is 4.80. The Morgan fingerprint density at radius 1 is 1.00 bits per heavy atom. The second-order valence-electron chi connectivity index (χ2n) is 6.63. The fourth-order valence-electron chi connectivity index (χ4n) is 3.32. The molecule has 0 atom stereocenters. The van der Waals surface area contributed by atoms with Gasteiger partial charge in [-0.1, -0.05) is 48.0 Å². The van der Waals surface area contributed by atoms with E-state index in [1.807, 2.05) is 76.3 Å². The molecular weight excluding hydrogens is 372 g/mol. The number of halogens is 1. The van der Waals surface area contributed by atoms with Gasteiger partial charge in [-0.3, -0.25) is 9.36 Å². The van der Waals surface area contributed by atoms with Crippen molar-refractivity contribution in [3.05, 3.63) is 83.7 Å². The van der Waals surface area contributed by atoms with Crippen molar-refractivity contribution in [2.75, 3.05) is 31.1 Å². The average Bonchev–Trinajstić information content (AvgIpc) is 3.23. The van der Waals surface area contributed by atoms with Gasteiger partial charge in [0.25, 0.3) is 0 Å². The number of carbonyl (C=O) groups is 1. The van der Waals surface area contributed by atoms with Crippen molar-refractivity contribution in [1.29, 1.82) is 0 Å². The van der Waals surface area contributed by atoms with Gasteiger partial charge in [0.15, 0.2) is 0 Å². The van der Waals surface area contributed by atoms with E-state index in [1.54, 1.807) is 12.3 Å². The minimum absolute atomic E-state index is 0.0432. The van der Waals surface area contributed by atoms with Crippen LogP contribution in [-0.2, 0) is 4.79 Å². The van der Waals surface area contributed by atoms with Crippen LogP contribution in [-0.4, -0.2) is 46.5 Å². The van der Waals surface area contributed by atoms with Crippen molar-refractivity contribution in [3.63, 3.8) is 0 Å². The molecule has 2 heterocycles. The Morgan fingerprint density at radius 3 is 2.54 bits per heavy atom. The van der Waals surface area contributed by atoms with E-state index in [9.17, 15) is 4.79 Å². The zero-order chi connectivity index (χ0) is 19.3. The Kier molecular flexibility index (Phi) is 5.44. The highest BCUT2D eigenvalue weighted by molar-refractivity contribution is 6.30. The first-order valence-corrected chi connectivity index (χ1v) is 9.65. The first kappa shape index (κ1) is 18.3. The molecule has 0 N–H and O–H groups in total. The second kappa shape index (κ2) is 8.31. The first-order chi connectivity index (χ1) is 13.7. The van der Waals surface area contributed by atoms with E-state index in [1.165, 1.54) is 0 Å². The first-order valence-electron chi connectivity index (χ1n) is 9.27. The second-order valence-corrected chi connectivity index (χ2v) is 7.07. The zero-order valence-electron chi connectivity index (χ0n) is 15.4. The minimum atomic E-state index is 0.0432. The van der Waals surface area contributed by atoms with Crippen LogP contribution in [0.4, 0.5) is 5.95 Å². The van der Waals surface area contributed by atoms with Gasteiger partial charge in [-0.15, -0.1) is 0 Å². The predicted octanol–water partition coefficient (Wildman–Crippen LogP) is 3.89. The maximum Gasteiger partial charge on any atom is 0.246 e. The van der Waals surface area contributed by atoms with E-state index < -0.39 is 0 Å². The van der Waals surface area contributed by atoms with Crippen LogP contribution in [0.5, 0.6) is 0 Å². The molecule has 0 unspecified atom stereocenters. The number of benzene rings is 2. The molecule has 28 heavy (non-hydrogen) atoms. The number of anilines is 1. The van der Waals surface area contributed by atoms with E-state index in [-0.39, 0.29) is 5.91 Å².